The summed E-state index contributed by atoms with van der Waals surface area (Å²) in [5, 5.41) is 6.89. The van der Waals surface area contributed by atoms with Crippen LogP contribution in [0.5, 0.6) is 0 Å². The second kappa shape index (κ2) is 5.88. The van der Waals surface area contributed by atoms with Gasteiger partial charge in [0, 0.05) is 22.8 Å². The first-order valence-corrected chi connectivity index (χ1v) is 6.68. The molecule has 0 aliphatic rings. The quantitative estimate of drug-likeness (QED) is 0.903. The molecule has 19 heavy (non-hydrogen) atoms. The van der Waals surface area contributed by atoms with E-state index >= 15 is 0 Å². The summed E-state index contributed by atoms with van der Waals surface area (Å²) in [7, 11) is 0. The number of aromatic nitrogens is 2. The van der Waals surface area contributed by atoms with Crippen molar-refractivity contribution < 1.29 is 4.79 Å². The number of halogens is 1. The molecule has 1 aromatic carbocycles. The number of aryl methyl sites for hydroxylation is 1. The maximum Gasteiger partial charge on any atom is 0.251 e. The largest absolute Gasteiger partial charge is 0.396 e. The van der Waals surface area contributed by atoms with Gasteiger partial charge in [-0.25, -0.2) is 0 Å². The molecule has 3 N–H and O–H groups in total. The smallest absolute Gasteiger partial charge is 0.251 e. The number of nitrogens with zero attached hydrogens (tertiary/aromatic N) is 2. The highest BCUT2D eigenvalue weighted by Gasteiger charge is 2.06. The van der Waals surface area contributed by atoms with Crippen molar-refractivity contribution in [2.75, 3.05) is 12.3 Å². The summed E-state index contributed by atoms with van der Waals surface area (Å²) in [4.78, 5) is 11.9. The van der Waals surface area contributed by atoms with E-state index in [4.69, 9.17) is 5.73 Å². The molecule has 0 radical (unpaired) electrons. The number of hydrogen-bond donors (Lipinski definition) is 2. The molecular weight excluding hydrogens is 308 g/mol. The molecule has 1 heterocycles. The Bertz CT molecular complexity index is 594. The van der Waals surface area contributed by atoms with Crippen molar-refractivity contribution in [1.29, 1.82) is 0 Å². The number of nitrogens with one attached hydrogen (secondary N) is 1. The maximum absolute atomic E-state index is 11.9. The molecule has 0 bridgehead atoms. The highest BCUT2D eigenvalue weighted by Crippen LogP contribution is 2.17. The molecule has 0 spiro atoms. The number of anilines is 1. The topological polar surface area (TPSA) is 72.9 Å². The fourth-order valence-electron chi connectivity index (χ4n) is 1.62. The fraction of sp³-hybridized carbons (Fsp3) is 0.231. The summed E-state index contributed by atoms with van der Waals surface area (Å²) >= 11 is 3.41. The average Bonchev–Trinajstić information content (AvgIpc) is 2.78. The normalized spacial score (nSPS) is 10.4. The number of amides is 1. The molecule has 0 atom stereocenters. The van der Waals surface area contributed by atoms with Crippen LogP contribution >= 0.6 is 15.9 Å². The first kappa shape index (κ1) is 13.6. The third-order valence-electron chi connectivity index (χ3n) is 2.71. The molecular formula is C13H15BrN4O. The lowest BCUT2D eigenvalue weighted by molar-refractivity contribution is 0.0952. The molecule has 2 rings (SSSR count). The summed E-state index contributed by atoms with van der Waals surface area (Å²) < 4.78 is 2.63. The van der Waals surface area contributed by atoms with Crippen LogP contribution in [-0.4, -0.2) is 22.2 Å². The number of carbonyl (C=O) groups is 1. The van der Waals surface area contributed by atoms with E-state index in [0.717, 1.165) is 10.0 Å². The molecule has 0 fully saturated rings. The van der Waals surface area contributed by atoms with Crippen LogP contribution in [0, 0.1) is 6.92 Å². The highest BCUT2D eigenvalue weighted by molar-refractivity contribution is 9.10. The molecule has 0 saturated carbocycles. The van der Waals surface area contributed by atoms with Gasteiger partial charge in [0.05, 0.1) is 18.4 Å². The molecule has 0 saturated heterocycles. The van der Waals surface area contributed by atoms with E-state index in [-0.39, 0.29) is 5.91 Å². The third-order valence-corrected chi connectivity index (χ3v) is 3.57. The maximum atomic E-state index is 11.9. The van der Waals surface area contributed by atoms with Crippen molar-refractivity contribution in [3.63, 3.8) is 0 Å². The second-order valence-corrected chi connectivity index (χ2v) is 5.11. The predicted octanol–water partition coefficient (Wildman–Crippen LogP) is 1.97. The molecule has 100 valence electrons. The molecule has 6 heteroatoms. The van der Waals surface area contributed by atoms with Crippen LogP contribution in [0.15, 0.2) is 35.1 Å². The second-order valence-electron chi connectivity index (χ2n) is 4.26. The van der Waals surface area contributed by atoms with Gasteiger partial charge in [0.25, 0.3) is 5.91 Å². The van der Waals surface area contributed by atoms with Gasteiger partial charge in [-0.3, -0.25) is 9.48 Å². The van der Waals surface area contributed by atoms with Gasteiger partial charge in [0.2, 0.25) is 0 Å². The van der Waals surface area contributed by atoms with Gasteiger partial charge in [0.15, 0.2) is 0 Å². The molecule has 0 aliphatic carbocycles. The van der Waals surface area contributed by atoms with E-state index < -0.39 is 0 Å². The lowest BCUT2D eigenvalue weighted by atomic mass is 10.1. The number of rotatable bonds is 4. The van der Waals surface area contributed by atoms with Crippen LogP contribution in [0.4, 0.5) is 5.69 Å². The Morgan fingerprint density at radius 2 is 2.32 bits per heavy atom. The molecule has 1 aromatic heterocycles. The minimum atomic E-state index is -0.0965. The zero-order valence-electron chi connectivity index (χ0n) is 10.6. The number of benzene rings is 1. The summed E-state index contributed by atoms with van der Waals surface area (Å²) in [5.74, 6) is -0.0965. The Labute approximate surface area is 119 Å². The monoisotopic (exact) mass is 322 g/mol. The number of hydrogen-bond acceptors (Lipinski definition) is 3. The Hall–Kier alpha value is -1.82. The molecule has 1 amide bonds. The van der Waals surface area contributed by atoms with Crippen LogP contribution in [0.2, 0.25) is 0 Å². The molecule has 5 nitrogen and oxygen atoms in total. The van der Waals surface area contributed by atoms with Crippen LogP contribution < -0.4 is 11.1 Å². The molecule has 0 aliphatic heterocycles. The van der Waals surface area contributed by atoms with E-state index in [1.54, 1.807) is 23.1 Å². The van der Waals surface area contributed by atoms with E-state index in [1.165, 1.54) is 0 Å². The van der Waals surface area contributed by atoms with E-state index in [9.17, 15) is 4.79 Å². The minimum absolute atomic E-state index is 0.0965. The minimum Gasteiger partial charge on any atom is -0.396 e. The first-order valence-electron chi connectivity index (χ1n) is 5.88. The van der Waals surface area contributed by atoms with Crippen LogP contribution in [0.1, 0.15) is 15.9 Å². The van der Waals surface area contributed by atoms with E-state index in [0.29, 0.717) is 24.3 Å². The van der Waals surface area contributed by atoms with Crippen molar-refractivity contribution in [1.82, 2.24) is 15.1 Å². The van der Waals surface area contributed by atoms with Crippen LogP contribution in [0.25, 0.3) is 0 Å². The van der Waals surface area contributed by atoms with Gasteiger partial charge in [-0.05, 0) is 24.6 Å². The van der Waals surface area contributed by atoms with Gasteiger partial charge in [-0.15, -0.1) is 0 Å². The predicted molar refractivity (Wildman–Crippen MR) is 77.9 cm³/mol. The zero-order valence-corrected chi connectivity index (χ0v) is 12.1. The van der Waals surface area contributed by atoms with Gasteiger partial charge >= 0.3 is 0 Å². The Kier molecular flexibility index (Phi) is 4.21. The van der Waals surface area contributed by atoms with Crippen molar-refractivity contribution in [3.8, 4) is 0 Å². The van der Waals surface area contributed by atoms with Crippen molar-refractivity contribution in [2.45, 2.75) is 13.5 Å². The van der Waals surface area contributed by atoms with Crippen LogP contribution in [0.3, 0.4) is 0 Å². The van der Waals surface area contributed by atoms with Gasteiger partial charge in [0.1, 0.15) is 0 Å². The Morgan fingerprint density at radius 3 is 2.95 bits per heavy atom. The SMILES string of the molecule is Cc1ccc(C(=O)NCCn2cc(N)cn2)cc1Br. The van der Waals surface area contributed by atoms with Crippen LogP contribution in [-0.2, 0) is 6.54 Å². The standard InChI is InChI=1S/C13H15BrN4O/c1-9-2-3-10(6-12(9)14)13(19)16-4-5-18-8-11(15)7-17-18/h2-3,6-8H,4-5,15H2,1H3,(H,16,19). The lowest BCUT2D eigenvalue weighted by Gasteiger charge is -2.06. The zero-order chi connectivity index (χ0) is 13.8. The highest BCUT2D eigenvalue weighted by atomic mass is 79.9. The van der Waals surface area contributed by atoms with E-state index in [1.807, 2.05) is 19.1 Å². The number of nitrogen functional groups attached to an aromatic ring is 1. The van der Waals surface area contributed by atoms with Gasteiger partial charge in [-0.1, -0.05) is 22.0 Å². The molecule has 0 unspecified atom stereocenters. The van der Waals surface area contributed by atoms with Gasteiger partial charge in [-0.2, -0.15) is 5.10 Å². The Morgan fingerprint density at radius 1 is 1.53 bits per heavy atom. The fourth-order valence-corrected chi connectivity index (χ4v) is 2.00. The molecule has 2 aromatic rings. The number of carbonyl (C=O) groups excluding carboxylic acids is 1. The van der Waals surface area contributed by atoms with Crippen molar-refractivity contribution in [2.24, 2.45) is 0 Å². The number of nitrogens with two attached hydrogens (primary N) is 1. The van der Waals surface area contributed by atoms with Gasteiger partial charge < -0.3 is 11.1 Å². The summed E-state index contributed by atoms with van der Waals surface area (Å²) in [6.45, 7) is 3.08. The lowest BCUT2D eigenvalue weighted by Crippen LogP contribution is -2.27. The first-order chi connectivity index (χ1) is 9.06. The summed E-state index contributed by atoms with van der Waals surface area (Å²) in [5.41, 5.74) is 7.91. The summed E-state index contributed by atoms with van der Waals surface area (Å²) in [6.07, 6.45) is 3.31. The van der Waals surface area contributed by atoms with Crippen molar-refractivity contribution in [3.05, 3.63) is 46.2 Å². The summed E-state index contributed by atoms with van der Waals surface area (Å²) in [6, 6.07) is 5.53. The average molecular weight is 323 g/mol. The third kappa shape index (κ3) is 3.57. The Balaban J connectivity index is 1.89. The van der Waals surface area contributed by atoms with Crippen molar-refractivity contribution >= 4 is 27.5 Å². The van der Waals surface area contributed by atoms with E-state index in [2.05, 4.69) is 26.3 Å².